The number of carbonyl (C=O) groups is 1. The minimum atomic E-state index is -0.733. The molecule has 0 aliphatic carbocycles. The van der Waals surface area contributed by atoms with Crippen LogP contribution in [0.25, 0.3) is 10.8 Å². The van der Waals surface area contributed by atoms with Gasteiger partial charge in [0.1, 0.15) is 4.88 Å². The van der Waals surface area contributed by atoms with Gasteiger partial charge in [-0.05, 0) is 17.6 Å². The lowest BCUT2D eigenvalue weighted by Gasteiger charge is -1.83. The number of nitrogens with zero attached hydrogens (tertiary/aromatic N) is 3. The van der Waals surface area contributed by atoms with Crippen LogP contribution in [0.3, 0.4) is 0 Å². The normalized spacial score (nSPS) is 10.2. The fraction of sp³-hybridized carbons (Fsp3) is 0. The Bertz CT molecular complexity index is 422. The van der Waals surface area contributed by atoms with E-state index in [0.29, 0.717) is 4.88 Å². The zero-order chi connectivity index (χ0) is 9.26. The van der Waals surface area contributed by atoms with Crippen molar-refractivity contribution in [2.24, 2.45) is 5.73 Å². The van der Waals surface area contributed by atoms with E-state index in [4.69, 9.17) is 10.2 Å². The van der Waals surface area contributed by atoms with Crippen LogP contribution in [0.1, 0.15) is 10.7 Å². The standard InChI is InChI=1S/C6H4N4O2S/c7-4(11)6-10-9-5(12-6)3-1-2-8-13-3/h1-2H,(H2,7,11). The van der Waals surface area contributed by atoms with Crippen molar-refractivity contribution in [1.82, 2.24) is 14.6 Å². The Balaban J connectivity index is 2.39. The van der Waals surface area contributed by atoms with E-state index in [2.05, 4.69) is 14.6 Å². The van der Waals surface area contributed by atoms with Crippen LogP contribution in [-0.4, -0.2) is 20.5 Å². The predicted octanol–water partition coefficient (Wildman–Crippen LogP) is 0.292. The highest BCUT2D eigenvalue weighted by atomic mass is 32.1. The summed E-state index contributed by atoms with van der Waals surface area (Å²) < 4.78 is 8.81. The van der Waals surface area contributed by atoms with Crippen molar-refractivity contribution in [2.75, 3.05) is 0 Å². The third kappa shape index (κ3) is 1.41. The largest absolute Gasteiger partial charge is 0.411 e. The number of amides is 1. The van der Waals surface area contributed by atoms with Crippen LogP contribution < -0.4 is 5.73 Å². The molecule has 1 amide bonds. The second-order valence-electron chi connectivity index (χ2n) is 2.15. The van der Waals surface area contributed by atoms with Crippen LogP contribution in [0.2, 0.25) is 0 Å². The first-order valence-corrected chi connectivity index (χ1v) is 4.09. The monoisotopic (exact) mass is 196 g/mol. The van der Waals surface area contributed by atoms with E-state index in [1.54, 1.807) is 12.3 Å². The highest BCUT2D eigenvalue weighted by Gasteiger charge is 2.13. The Morgan fingerprint density at radius 1 is 1.54 bits per heavy atom. The van der Waals surface area contributed by atoms with E-state index in [-0.39, 0.29) is 11.8 Å². The molecule has 2 N–H and O–H groups in total. The molecule has 0 aliphatic heterocycles. The summed E-state index contributed by atoms with van der Waals surface area (Å²) in [6.45, 7) is 0. The third-order valence-corrected chi connectivity index (χ3v) is 2.02. The molecular weight excluding hydrogens is 192 g/mol. The molecule has 7 heteroatoms. The number of aromatic nitrogens is 3. The molecule has 0 aromatic carbocycles. The van der Waals surface area contributed by atoms with Crippen LogP contribution in [0.4, 0.5) is 0 Å². The van der Waals surface area contributed by atoms with Gasteiger partial charge in [-0.1, -0.05) is 0 Å². The average molecular weight is 196 g/mol. The fourth-order valence-electron chi connectivity index (χ4n) is 0.748. The summed E-state index contributed by atoms with van der Waals surface area (Å²) in [6.07, 6.45) is 1.61. The average Bonchev–Trinajstić information content (AvgIpc) is 2.75. The summed E-state index contributed by atoms with van der Waals surface area (Å²) in [5.74, 6) is -0.664. The van der Waals surface area contributed by atoms with Crippen molar-refractivity contribution in [1.29, 1.82) is 0 Å². The molecule has 13 heavy (non-hydrogen) atoms. The molecule has 0 atom stereocenters. The second-order valence-corrected chi connectivity index (χ2v) is 2.99. The van der Waals surface area contributed by atoms with Crippen molar-refractivity contribution < 1.29 is 9.21 Å². The Morgan fingerprint density at radius 3 is 2.92 bits per heavy atom. The van der Waals surface area contributed by atoms with Gasteiger partial charge in [-0.25, -0.2) is 4.37 Å². The maximum atomic E-state index is 10.6. The third-order valence-electron chi connectivity index (χ3n) is 1.28. The van der Waals surface area contributed by atoms with Gasteiger partial charge in [0.15, 0.2) is 0 Å². The number of hydrogen-bond donors (Lipinski definition) is 1. The zero-order valence-corrected chi connectivity index (χ0v) is 7.11. The SMILES string of the molecule is NC(=O)c1nnc(-c2ccns2)o1. The van der Waals surface area contributed by atoms with Gasteiger partial charge in [-0.2, -0.15) is 0 Å². The molecule has 66 valence electrons. The maximum absolute atomic E-state index is 10.6. The number of hydrogen-bond acceptors (Lipinski definition) is 6. The van der Waals surface area contributed by atoms with Gasteiger partial charge >= 0.3 is 11.8 Å². The minimum Gasteiger partial charge on any atom is -0.411 e. The van der Waals surface area contributed by atoms with E-state index in [9.17, 15) is 4.79 Å². The van der Waals surface area contributed by atoms with Crippen LogP contribution in [0.5, 0.6) is 0 Å². The molecule has 0 unspecified atom stereocenters. The molecular formula is C6H4N4O2S. The summed E-state index contributed by atoms with van der Waals surface area (Å²) in [6, 6.07) is 1.71. The molecule has 0 aliphatic rings. The van der Waals surface area contributed by atoms with Crippen molar-refractivity contribution in [3.05, 3.63) is 18.2 Å². The Labute approximate surface area is 76.6 Å². The highest BCUT2D eigenvalue weighted by molar-refractivity contribution is 7.09. The van der Waals surface area contributed by atoms with Gasteiger partial charge in [-0.15, -0.1) is 10.2 Å². The van der Waals surface area contributed by atoms with Crippen LogP contribution in [0.15, 0.2) is 16.7 Å². The molecule has 2 aromatic rings. The van der Waals surface area contributed by atoms with Gasteiger partial charge in [0.05, 0.1) is 0 Å². The van der Waals surface area contributed by atoms with Crippen LogP contribution in [-0.2, 0) is 0 Å². The summed E-state index contributed by atoms with van der Waals surface area (Å²) in [5, 5.41) is 7.09. The Kier molecular flexibility index (Phi) is 1.78. The lowest BCUT2D eigenvalue weighted by atomic mass is 10.5. The van der Waals surface area contributed by atoms with E-state index in [0.717, 1.165) is 0 Å². The lowest BCUT2D eigenvalue weighted by molar-refractivity contribution is 0.0968. The molecule has 0 saturated carbocycles. The quantitative estimate of drug-likeness (QED) is 0.744. The Morgan fingerprint density at radius 2 is 2.38 bits per heavy atom. The van der Waals surface area contributed by atoms with Gasteiger partial charge < -0.3 is 10.2 Å². The molecule has 0 radical (unpaired) electrons. The Hall–Kier alpha value is -1.76. The van der Waals surface area contributed by atoms with Crippen LogP contribution in [0, 0.1) is 0 Å². The maximum Gasteiger partial charge on any atom is 0.306 e. The van der Waals surface area contributed by atoms with Gasteiger partial charge in [0, 0.05) is 6.20 Å². The predicted molar refractivity (Wildman–Crippen MR) is 43.9 cm³/mol. The number of primary amides is 1. The molecule has 2 rings (SSSR count). The topological polar surface area (TPSA) is 94.9 Å². The van der Waals surface area contributed by atoms with Crippen LogP contribution >= 0.6 is 11.5 Å². The van der Waals surface area contributed by atoms with E-state index >= 15 is 0 Å². The zero-order valence-electron chi connectivity index (χ0n) is 6.30. The molecule has 2 aromatic heterocycles. The summed E-state index contributed by atoms with van der Waals surface area (Å²) >= 11 is 1.20. The fourth-order valence-corrected chi connectivity index (χ4v) is 1.27. The highest BCUT2D eigenvalue weighted by Crippen LogP contribution is 2.20. The second kappa shape index (κ2) is 2.94. The smallest absolute Gasteiger partial charge is 0.306 e. The van der Waals surface area contributed by atoms with Crippen molar-refractivity contribution in [3.8, 4) is 10.8 Å². The molecule has 0 saturated heterocycles. The van der Waals surface area contributed by atoms with Crippen molar-refractivity contribution in [2.45, 2.75) is 0 Å². The molecule has 0 bridgehead atoms. The summed E-state index contributed by atoms with van der Waals surface area (Å²) in [5.41, 5.74) is 4.93. The van der Waals surface area contributed by atoms with E-state index in [1.165, 1.54) is 11.5 Å². The lowest BCUT2D eigenvalue weighted by Crippen LogP contribution is -2.10. The number of rotatable bonds is 2. The summed E-state index contributed by atoms with van der Waals surface area (Å²) in [4.78, 5) is 11.3. The number of carbonyl (C=O) groups excluding carboxylic acids is 1. The first kappa shape index (κ1) is 7.87. The van der Waals surface area contributed by atoms with E-state index in [1.807, 2.05) is 0 Å². The molecule has 6 nitrogen and oxygen atoms in total. The first-order valence-electron chi connectivity index (χ1n) is 3.32. The van der Waals surface area contributed by atoms with Gasteiger partial charge in [0.2, 0.25) is 0 Å². The molecule has 2 heterocycles. The minimum absolute atomic E-state index is 0.191. The summed E-state index contributed by atoms with van der Waals surface area (Å²) in [7, 11) is 0. The van der Waals surface area contributed by atoms with Gasteiger partial charge in [0.25, 0.3) is 5.89 Å². The van der Waals surface area contributed by atoms with Crippen molar-refractivity contribution in [3.63, 3.8) is 0 Å². The number of nitrogens with two attached hydrogens (primary N) is 1. The molecule has 0 fully saturated rings. The molecule has 0 spiro atoms. The van der Waals surface area contributed by atoms with Crippen molar-refractivity contribution >= 4 is 17.4 Å². The first-order chi connectivity index (χ1) is 6.27. The van der Waals surface area contributed by atoms with E-state index < -0.39 is 5.91 Å². The van der Waals surface area contributed by atoms with Gasteiger partial charge in [-0.3, -0.25) is 4.79 Å².